The van der Waals surface area contributed by atoms with Gasteiger partial charge in [0.15, 0.2) is 5.78 Å². The summed E-state index contributed by atoms with van der Waals surface area (Å²) < 4.78 is 8.46. The number of nitriles is 1. The van der Waals surface area contributed by atoms with E-state index in [2.05, 4.69) is 0 Å². The summed E-state index contributed by atoms with van der Waals surface area (Å²) in [4.78, 5) is 51.9. The summed E-state index contributed by atoms with van der Waals surface area (Å²) in [5, 5.41) is 9.44. The molecular formula is C25H25N5O5. The highest BCUT2D eigenvalue weighted by molar-refractivity contribution is 6.16. The van der Waals surface area contributed by atoms with Crippen molar-refractivity contribution in [2.45, 2.75) is 38.5 Å². The molecule has 180 valence electrons. The lowest BCUT2D eigenvalue weighted by Crippen LogP contribution is -2.38. The van der Waals surface area contributed by atoms with E-state index >= 15 is 0 Å². The van der Waals surface area contributed by atoms with Crippen molar-refractivity contribution in [1.82, 2.24) is 14.0 Å². The minimum atomic E-state index is -0.910. The van der Waals surface area contributed by atoms with Crippen LogP contribution in [-0.2, 0) is 29.0 Å². The molecule has 3 aromatic rings. The van der Waals surface area contributed by atoms with Crippen LogP contribution in [0.1, 0.15) is 34.3 Å². The third kappa shape index (κ3) is 4.58. The number of imidazole rings is 1. The number of carbonyl (C=O) groups is 3. The molecular weight excluding hydrogens is 450 g/mol. The molecule has 0 spiro atoms. The lowest BCUT2D eigenvalue weighted by molar-refractivity contribution is -0.126. The molecule has 2 N–H and O–H groups in total. The highest BCUT2D eigenvalue weighted by atomic mass is 16.5. The molecule has 0 aliphatic carbocycles. The van der Waals surface area contributed by atoms with Gasteiger partial charge in [0.05, 0.1) is 36.2 Å². The Bertz CT molecular complexity index is 1390. The lowest BCUT2D eigenvalue weighted by atomic mass is 9.98. The molecule has 0 bridgehead atoms. The third-order valence-electron chi connectivity index (χ3n) is 6.20. The SMILES string of the molecule is CN(C(N)=O)C(=O)Cc1ccc(C(=O)c2ccccc2)c2c1n(CC#N)c(=O)n2CC1CCCO1. The average molecular weight is 476 g/mol. The number of nitrogens with zero attached hydrogens (tertiary/aromatic N) is 4. The zero-order chi connectivity index (χ0) is 25.1. The van der Waals surface area contributed by atoms with Crippen LogP contribution in [0.4, 0.5) is 4.79 Å². The Morgan fingerprint density at radius 1 is 1.14 bits per heavy atom. The van der Waals surface area contributed by atoms with E-state index < -0.39 is 17.6 Å². The maximum atomic E-state index is 13.5. The normalized spacial score (nSPS) is 15.1. The van der Waals surface area contributed by atoms with Crippen LogP contribution < -0.4 is 11.4 Å². The first-order valence-electron chi connectivity index (χ1n) is 11.2. The second kappa shape index (κ2) is 9.95. The lowest BCUT2D eigenvalue weighted by Gasteiger charge is -2.15. The highest BCUT2D eigenvalue weighted by Gasteiger charge is 2.27. The number of hydrogen-bond donors (Lipinski definition) is 1. The molecule has 1 aliphatic rings. The molecule has 2 aromatic carbocycles. The van der Waals surface area contributed by atoms with E-state index in [1.54, 1.807) is 42.5 Å². The van der Waals surface area contributed by atoms with Gasteiger partial charge in [0.1, 0.15) is 6.54 Å². The molecule has 1 fully saturated rings. The molecule has 0 saturated carbocycles. The average Bonchev–Trinajstić information content (AvgIpc) is 3.47. The van der Waals surface area contributed by atoms with E-state index in [0.29, 0.717) is 28.8 Å². The van der Waals surface area contributed by atoms with Crippen LogP contribution in [0.3, 0.4) is 0 Å². The summed E-state index contributed by atoms with van der Waals surface area (Å²) in [6.45, 7) is 0.524. The Morgan fingerprint density at radius 2 is 1.89 bits per heavy atom. The van der Waals surface area contributed by atoms with Gasteiger partial charge in [-0.25, -0.2) is 9.59 Å². The number of hydrogen-bond acceptors (Lipinski definition) is 6. The van der Waals surface area contributed by atoms with Crippen LogP contribution in [0.25, 0.3) is 11.0 Å². The molecule has 35 heavy (non-hydrogen) atoms. The van der Waals surface area contributed by atoms with E-state index in [4.69, 9.17) is 10.5 Å². The number of urea groups is 1. The standard InChI is InChI=1S/C25H25N5O5/c1-28(24(27)33)20(31)14-17-9-10-19(23(32)16-6-3-2-4-7-16)22-21(17)29(12-11-26)25(34)30(22)15-18-8-5-13-35-18/h2-4,6-7,9-10,18H,5,8,12-15H2,1H3,(H2,27,33). The topological polar surface area (TPSA) is 140 Å². The molecule has 0 radical (unpaired) electrons. The summed E-state index contributed by atoms with van der Waals surface area (Å²) in [5.41, 5.74) is 6.53. The number of benzene rings is 2. The first kappa shape index (κ1) is 23.9. The molecule has 10 nitrogen and oxygen atoms in total. The number of fused-ring (bicyclic) bond motifs is 1. The van der Waals surface area contributed by atoms with Crippen LogP contribution in [-0.4, -0.2) is 51.5 Å². The maximum Gasteiger partial charge on any atom is 0.330 e. The van der Waals surface area contributed by atoms with Gasteiger partial charge in [-0.1, -0.05) is 36.4 Å². The van der Waals surface area contributed by atoms with Crippen LogP contribution in [0.15, 0.2) is 47.3 Å². The van der Waals surface area contributed by atoms with E-state index in [-0.39, 0.29) is 37.0 Å². The fraction of sp³-hybridized carbons (Fsp3) is 0.320. The van der Waals surface area contributed by atoms with Gasteiger partial charge >= 0.3 is 11.7 Å². The highest BCUT2D eigenvalue weighted by Crippen LogP contribution is 2.27. The summed E-state index contributed by atoms with van der Waals surface area (Å²) in [5.74, 6) is -0.873. The van der Waals surface area contributed by atoms with E-state index in [0.717, 1.165) is 17.7 Å². The molecule has 4 rings (SSSR count). The van der Waals surface area contributed by atoms with Gasteiger partial charge in [-0.15, -0.1) is 0 Å². The number of ether oxygens (including phenoxy) is 1. The van der Waals surface area contributed by atoms with Gasteiger partial charge in [0.2, 0.25) is 5.91 Å². The quantitative estimate of drug-likeness (QED) is 0.517. The van der Waals surface area contributed by atoms with Crippen molar-refractivity contribution in [1.29, 1.82) is 5.26 Å². The van der Waals surface area contributed by atoms with Crippen LogP contribution >= 0.6 is 0 Å². The number of nitrogens with two attached hydrogens (primary N) is 1. The fourth-order valence-corrected chi connectivity index (χ4v) is 4.39. The number of ketones is 1. The predicted octanol–water partition coefficient (Wildman–Crippen LogP) is 1.82. The second-order valence-corrected chi connectivity index (χ2v) is 8.40. The van der Waals surface area contributed by atoms with Crippen molar-refractivity contribution < 1.29 is 19.1 Å². The Hall–Kier alpha value is -4.23. The monoisotopic (exact) mass is 475 g/mol. The molecule has 1 unspecified atom stereocenters. The first-order valence-corrected chi connectivity index (χ1v) is 11.2. The fourth-order valence-electron chi connectivity index (χ4n) is 4.39. The van der Waals surface area contributed by atoms with Crippen molar-refractivity contribution in [3.63, 3.8) is 0 Å². The Labute approximate surface area is 201 Å². The Balaban J connectivity index is 1.96. The zero-order valence-electron chi connectivity index (χ0n) is 19.3. The zero-order valence-corrected chi connectivity index (χ0v) is 19.3. The maximum absolute atomic E-state index is 13.5. The number of primary amides is 1. The first-order chi connectivity index (χ1) is 16.8. The number of rotatable bonds is 7. The molecule has 1 aliphatic heterocycles. The van der Waals surface area contributed by atoms with Gasteiger partial charge in [0.25, 0.3) is 0 Å². The molecule has 1 saturated heterocycles. The number of aromatic nitrogens is 2. The van der Waals surface area contributed by atoms with E-state index in [1.165, 1.54) is 16.2 Å². The minimum Gasteiger partial charge on any atom is -0.376 e. The summed E-state index contributed by atoms with van der Waals surface area (Å²) in [7, 11) is 1.26. The van der Waals surface area contributed by atoms with E-state index in [9.17, 15) is 24.4 Å². The second-order valence-electron chi connectivity index (χ2n) is 8.40. The molecule has 1 aromatic heterocycles. The largest absolute Gasteiger partial charge is 0.376 e. The summed E-state index contributed by atoms with van der Waals surface area (Å²) in [6, 6.07) is 12.9. The van der Waals surface area contributed by atoms with Crippen LogP contribution in [0.5, 0.6) is 0 Å². The van der Waals surface area contributed by atoms with Crippen molar-refractivity contribution in [3.8, 4) is 6.07 Å². The number of imide groups is 1. The Morgan fingerprint density at radius 3 is 2.51 bits per heavy atom. The molecule has 1 atom stereocenters. The summed E-state index contributed by atoms with van der Waals surface area (Å²) >= 11 is 0. The van der Waals surface area contributed by atoms with Crippen molar-refractivity contribution in [3.05, 3.63) is 69.6 Å². The third-order valence-corrected chi connectivity index (χ3v) is 6.20. The minimum absolute atomic E-state index is 0.209. The van der Waals surface area contributed by atoms with Crippen molar-refractivity contribution >= 4 is 28.8 Å². The van der Waals surface area contributed by atoms with Gasteiger partial charge in [-0.05, 0) is 24.5 Å². The number of likely N-dealkylation sites (N-methyl/N-ethyl adjacent to an activating group) is 1. The van der Waals surface area contributed by atoms with Gasteiger partial charge < -0.3 is 10.5 Å². The van der Waals surface area contributed by atoms with E-state index in [1.807, 2.05) is 6.07 Å². The van der Waals surface area contributed by atoms with Gasteiger partial charge in [0, 0.05) is 24.8 Å². The summed E-state index contributed by atoms with van der Waals surface area (Å²) in [6.07, 6.45) is 1.18. The molecule has 2 heterocycles. The van der Waals surface area contributed by atoms with Crippen LogP contribution in [0, 0.1) is 11.3 Å². The van der Waals surface area contributed by atoms with Crippen molar-refractivity contribution in [2.75, 3.05) is 13.7 Å². The smallest absolute Gasteiger partial charge is 0.330 e. The van der Waals surface area contributed by atoms with Gasteiger partial charge in [-0.3, -0.25) is 23.6 Å². The van der Waals surface area contributed by atoms with Crippen molar-refractivity contribution in [2.24, 2.45) is 5.73 Å². The number of amides is 3. The Kier molecular flexibility index (Phi) is 6.80. The number of carbonyl (C=O) groups excluding carboxylic acids is 3. The molecule has 10 heteroatoms. The predicted molar refractivity (Wildman–Crippen MR) is 127 cm³/mol. The van der Waals surface area contributed by atoms with Gasteiger partial charge in [-0.2, -0.15) is 5.26 Å². The van der Waals surface area contributed by atoms with Crippen LogP contribution in [0.2, 0.25) is 0 Å². The molecule has 3 amide bonds.